The normalized spacial score (nSPS) is 15.2. The van der Waals surface area contributed by atoms with Gasteiger partial charge in [0.1, 0.15) is 0 Å². The molecule has 0 amide bonds. The highest BCUT2D eigenvalue weighted by molar-refractivity contribution is 5.21. The summed E-state index contributed by atoms with van der Waals surface area (Å²) in [6.45, 7) is 2.27. The molecular weight excluding hydrogens is 220 g/mol. The average molecular weight is 240 g/mol. The molecule has 2 rings (SSSR count). The SMILES string of the molecule is COCCCN(C)c1nnc(CNC2CC2)o1. The van der Waals surface area contributed by atoms with Crippen molar-refractivity contribution in [2.45, 2.75) is 31.8 Å². The Morgan fingerprint density at radius 2 is 2.29 bits per heavy atom. The molecule has 1 saturated carbocycles. The van der Waals surface area contributed by atoms with Crippen molar-refractivity contribution in [2.24, 2.45) is 0 Å². The number of nitrogens with one attached hydrogen (secondary N) is 1. The minimum atomic E-state index is 0.578. The Bertz CT molecular complexity index is 338. The Labute approximate surface area is 101 Å². The first kappa shape index (κ1) is 12.3. The van der Waals surface area contributed by atoms with Crippen LogP contribution in [0.2, 0.25) is 0 Å². The summed E-state index contributed by atoms with van der Waals surface area (Å²) in [4.78, 5) is 1.95. The zero-order valence-corrected chi connectivity index (χ0v) is 10.5. The van der Waals surface area contributed by atoms with Gasteiger partial charge in [0, 0.05) is 33.4 Å². The van der Waals surface area contributed by atoms with Crippen LogP contribution >= 0.6 is 0 Å². The first-order valence-electron chi connectivity index (χ1n) is 6.05. The van der Waals surface area contributed by atoms with Crippen molar-refractivity contribution < 1.29 is 9.15 Å². The average Bonchev–Trinajstić information content (AvgIpc) is 3.04. The van der Waals surface area contributed by atoms with Gasteiger partial charge in [0.2, 0.25) is 5.89 Å². The van der Waals surface area contributed by atoms with Crippen LogP contribution in [0.4, 0.5) is 6.01 Å². The van der Waals surface area contributed by atoms with Gasteiger partial charge in [-0.25, -0.2) is 0 Å². The minimum Gasteiger partial charge on any atom is -0.407 e. The zero-order valence-electron chi connectivity index (χ0n) is 10.5. The number of ether oxygens (including phenoxy) is 1. The number of rotatable bonds is 8. The van der Waals surface area contributed by atoms with Gasteiger partial charge in [-0.2, -0.15) is 0 Å². The molecule has 1 aliphatic rings. The number of methoxy groups -OCH3 is 1. The smallest absolute Gasteiger partial charge is 0.317 e. The van der Waals surface area contributed by atoms with Crippen LogP contribution in [0.25, 0.3) is 0 Å². The second-order valence-electron chi connectivity index (χ2n) is 4.40. The van der Waals surface area contributed by atoms with E-state index < -0.39 is 0 Å². The largest absolute Gasteiger partial charge is 0.407 e. The van der Waals surface area contributed by atoms with E-state index in [0.717, 1.165) is 19.6 Å². The third kappa shape index (κ3) is 3.98. The number of aromatic nitrogens is 2. The third-order valence-corrected chi connectivity index (χ3v) is 2.74. The lowest BCUT2D eigenvalue weighted by atomic mass is 10.4. The van der Waals surface area contributed by atoms with Crippen molar-refractivity contribution in [2.75, 3.05) is 32.2 Å². The highest BCUT2D eigenvalue weighted by Crippen LogP contribution is 2.19. The maximum Gasteiger partial charge on any atom is 0.317 e. The van der Waals surface area contributed by atoms with Crippen LogP contribution in [0.1, 0.15) is 25.2 Å². The van der Waals surface area contributed by atoms with Crippen LogP contribution in [-0.4, -0.2) is 43.5 Å². The molecule has 96 valence electrons. The molecule has 6 nitrogen and oxygen atoms in total. The summed E-state index contributed by atoms with van der Waals surface area (Å²) in [6.07, 6.45) is 3.47. The van der Waals surface area contributed by atoms with Gasteiger partial charge in [0.25, 0.3) is 0 Å². The van der Waals surface area contributed by atoms with E-state index in [1.54, 1.807) is 7.11 Å². The van der Waals surface area contributed by atoms with Gasteiger partial charge in [-0.3, -0.25) is 0 Å². The number of hydrogen-bond donors (Lipinski definition) is 1. The summed E-state index contributed by atoms with van der Waals surface area (Å²) < 4.78 is 10.6. The van der Waals surface area contributed by atoms with Crippen LogP contribution in [0.15, 0.2) is 4.42 Å². The lowest BCUT2D eigenvalue weighted by molar-refractivity contribution is 0.196. The van der Waals surface area contributed by atoms with Gasteiger partial charge in [0.05, 0.1) is 6.54 Å². The Morgan fingerprint density at radius 1 is 1.47 bits per heavy atom. The molecule has 6 heteroatoms. The van der Waals surface area contributed by atoms with E-state index in [0.29, 0.717) is 24.5 Å². The number of hydrogen-bond acceptors (Lipinski definition) is 6. The van der Waals surface area contributed by atoms with Crippen molar-refractivity contribution in [3.8, 4) is 0 Å². The molecular formula is C11H20N4O2. The number of anilines is 1. The second kappa shape index (κ2) is 5.97. The monoisotopic (exact) mass is 240 g/mol. The van der Waals surface area contributed by atoms with Crippen LogP contribution in [0.5, 0.6) is 0 Å². The molecule has 1 aromatic heterocycles. The maximum absolute atomic E-state index is 5.55. The quantitative estimate of drug-likeness (QED) is 0.678. The second-order valence-corrected chi connectivity index (χ2v) is 4.40. The summed E-state index contributed by atoms with van der Waals surface area (Å²) >= 11 is 0. The molecule has 1 fully saturated rings. The predicted octanol–water partition coefficient (Wildman–Crippen LogP) is 0.794. The molecule has 0 aromatic carbocycles. The van der Waals surface area contributed by atoms with Crippen LogP contribution in [0.3, 0.4) is 0 Å². The van der Waals surface area contributed by atoms with E-state index in [1.165, 1.54) is 12.8 Å². The molecule has 0 unspecified atom stereocenters. The van der Waals surface area contributed by atoms with E-state index in [1.807, 2.05) is 11.9 Å². The lowest BCUT2D eigenvalue weighted by Crippen LogP contribution is -2.20. The van der Waals surface area contributed by atoms with E-state index in [9.17, 15) is 0 Å². The summed E-state index contributed by atoms with van der Waals surface area (Å²) in [5.74, 6) is 0.658. The summed E-state index contributed by atoms with van der Waals surface area (Å²) in [7, 11) is 3.65. The molecule has 0 atom stereocenters. The summed E-state index contributed by atoms with van der Waals surface area (Å²) in [5, 5.41) is 11.4. The molecule has 1 N–H and O–H groups in total. The summed E-state index contributed by atoms with van der Waals surface area (Å²) in [6, 6.07) is 1.23. The van der Waals surface area contributed by atoms with Crippen molar-refractivity contribution in [1.82, 2.24) is 15.5 Å². The van der Waals surface area contributed by atoms with E-state index >= 15 is 0 Å². The molecule has 1 heterocycles. The molecule has 0 aliphatic heterocycles. The molecule has 17 heavy (non-hydrogen) atoms. The molecule has 0 spiro atoms. The molecule has 0 bridgehead atoms. The predicted molar refractivity (Wildman–Crippen MR) is 63.9 cm³/mol. The van der Waals surface area contributed by atoms with Crippen molar-refractivity contribution >= 4 is 6.01 Å². The van der Waals surface area contributed by atoms with Gasteiger partial charge >= 0.3 is 6.01 Å². The third-order valence-electron chi connectivity index (χ3n) is 2.74. The molecule has 1 aliphatic carbocycles. The van der Waals surface area contributed by atoms with E-state index in [4.69, 9.17) is 9.15 Å². The highest BCUT2D eigenvalue weighted by Gasteiger charge is 2.21. The van der Waals surface area contributed by atoms with Gasteiger partial charge in [0.15, 0.2) is 0 Å². The van der Waals surface area contributed by atoms with Crippen LogP contribution < -0.4 is 10.2 Å². The van der Waals surface area contributed by atoms with Gasteiger partial charge in [-0.15, -0.1) is 5.10 Å². The van der Waals surface area contributed by atoms with Gasteiger partial charge in [-0.05, 0) is 19.3 Å². The fourth-order valence-corrected chi connectivity index (χ4v) is 1.53. The van der Waals surface area contributed by atoms with Crippen LogP contribution in [0, 0.1) is 0 Å². The molecule has 1 aromatic rings. The summed E-state index contributed by atoms with van der Waals surface area (Å²) in [5.41, 5.74) is 0. The van der Waals surface area contributed by atoms with Crippen LogP contribution in [-0.2, 0) is 11.3 Å². The standard InChI is InChI=1S/C11H20N4O2/c1-15(6-3-7-16-2)11-14-13-10(17-11)8-12-9-4-5-9/h9,12H,3-8H2,1-2H3. The first-order chi connectivity index (χ1) is 8.29. The van der Waals surface area contributed by atoms with Crippen molar-refractivity contribution in [3.05, 3.63) is 5.89 Å². The molecule has 0 saturated heterocycles. The minimum absolute atomic E-state index is 0.578. The van der Waals surface area contributed by atoms with E-state index in [2.05, 4.69) is 15.5 Å². The highest BCUT2D eigenvalue weighted by atomic mass is 16.5. The Morgan fingerprint density at radius 3 is 3.00 bits per heavy atom. The Kier molecular flexibility index (Phi) is 4.33. The lowest BCUT2D eigenvalue weighted by Gasteiger charge is -2.12. The maximum atomic E-state index is 5.55. The molecule has 0 radical (unpaired) electrons. The fourth-order valence-electron chi connectivity index (χ4n) is 1.53. The topological polar surface area (TPSA) is 63.4 Å². The van der Waals surface area contributed by atoms with E-state index in [-0.39, 0.29) is 0 Å². The Hall–Kier alpha value is -1.14. The van der Waals surface area contributed by atoms with Gasteiger partial charge < -0.3 is 19.4 Å². The van der Waals surface area contributed by atoms with Gasteiger partial charge in [-0.1, -0.05) is 5.10 Å². The Balaban J connectivity index is 1.75. The number of nitrogens with zero attached hydrogens (tertiary/aromatic N) is 3. The zero-order chi connectivity index (χ0) is 12.1. The first-order valence-corrected chi connectivity index (χ1v) is 6.05. The van der Waals surface area contributed by atoms with Crippen molar-refractivity contribution in [1.29, 1.82) is 0 Å². The fraction of sp³-hybridized carbons (Fsp3) is 0.818. The van der Waals surface area contributed by atoms with Crippen molar-refractivity contribution in [3.63, 3.8) is 0 Å².